The fourth-order valence-corrected chi connectivity index (χ4v) is 2.96. The molecule has 1 aliphatic rings. The first-order chi connectivity index (χ1) is 15.4. The van der Waals surface area contributed by atoms with Gasteiger partial charge in [-0.15, -0.1) is 0 Å². The van der Waals surface area contributed by atoms with Crippen LogP contribution >= 0.6 is 0 Å². The molecule has 0 atom stereocenters. The maximum atomic E-state index is 12.9. The number of carboxylic acid groups (broad SMARTS) is 2. The third-order valence-corrected chi connectivity index (χ3v) is 4.56. The van der Waals surface area contributed by atoms with E-state index in [-0.39, 0.29) is 49.1 Å². The van der Waals surface area contributed by atoms with E-state index in [1.54, 1.807) is 19.2 Å². The number of carbonyl (C=O) groups excluding carboxylic acids is 3. The number of unbranched alkanes of at least 4 members (excludes halogenated alkanes) is 1. The molecule has 0 unspecified atom stereocenters. The minimum atomic E-state index is -1.06. The molecule has 180 valence electrons. The summed E-state index contributed by atoms with van der Waals surface area (Å²) in [6, 6.07) is 4.68. The Morgan fingerprint density at radius 3 is 2.30 bits per heavy atom. The predicted octanol–water partition coefficient (Wildman–Crippen LogP) is 1.11. The van der Waals surface area contributed by atoms with Gasteiger partial charge in [-0.1, -0.05) is 0 Å². The van der Waals surface area contributed by atoms with Crippen LogP contribution in [-0.4, -0.2) is 70.7 Å². The zero-order chi connectivity index (χ0) is 25.1. The average molecular weight is 463 g/mol. The number of rotatable bonds is 9. The van der Waals surface area contributed by atoms with Crippen molar-refractivity contribution in [3.05, 3.63) is 23.8 Å². The van der Waals surface area contributed by atoms with E-state index in [4.69, 9.17) is 26.2 Å². The van der Waals surface area contributed by atoms with E-state index in [9.17, 15) is 19.2 Å². The lowest BCUT2D eigenvalue weighted by Crippen LogP contribution is -2.38. The Bertz CT molecular complexity index is 928. The van der Waals surface area contributed by atoms with Crippen molar-refractivity contribution in [1.29, 1.82) is 5.41 Å². The topological polar surface area (TPSA) is 194 Å². The van der Waals surface area contributed by atoms with E-state index < -0.39 is 17.8 Å². The number of hydrogen-bond acceptors (Lipinski definition) is 6. The number of amides is 3. The normalized spacial score (nSPS) is 12.8. The molecule has 1 aromatic carbocycles. The molecule has 0 saturated carbocycles. The van der Waals surface area contributed by atoms with Gasteiger partial charge in [0.25, 0.3) is 11.9 Å². The highest BCUT2D eigenvalue weighted by Gasteiger charge is 2.30. The summed E-state index contributed by atoms with van der Waals surface area (Å²) >= 11 is 0. The lowest BCUT2D eigenvalue weighted by molar-refractivity contribution is -0.137. The van der Waals surface area contributed by atoms with Gasteiger partial charge in [0, 0.05) is 39.0 Å². The first-order valence-electron chi connectivity index (χ1n) is 10.2. The highest BCUT2D eigenvalue weighted by atomic mass is 16.4. The third-order valence-electron chi connectivity index (χ3n) is 4.56. The van der Waals surface area contributed by atoms with Crippen LogP contribution in [0.3, 0.4) is 0 Å². The second-order valence-electron chi connectivity index (χ2n) is 7.35. The number of hydrogen-bond donors (Lipinski definition) is 5. The van der Waals surface area contributed by atoms with Gasteiger partial charge in [0.1, 0.15) is 6.54 Å². The smallest absolute Gasteiger partial charge is 0.305 e. The summed E-state index contributed by atoms with van der Waals surface area (Å²) in [5.41, 5.74) is 6.31. The standard InChI is InChI=1S/C19H25N5O5.C2H4O2/c1-23-14-7-6-12(22-16(25)5-3-2-4-15(20)21)10-13(14)19(29)24(11-17(23)26)9-8-18(27)28;1-2(3)4/h6-7,10H,2-5,8-9,11H2,1H3,(H3,20,21)(H,22,25)(H,27,28);1H3,(H,3,4). The Hall–Kier alpha value is -3.96. The number of carbonyl (C=O) groups is 5. The number of anilines is 2. The number of benzene rings is 1. The number of amidine groups is 1. The Labute approximate surface area is 190 Å². The van der Waals surface area contributed by atoms with Crippen molar-refractivity contribution < 1.29 is 34.2 Å². The van der Waals surface area contributed by atoms with Gasteiger partial charge < -0.3 is 31.1 Å². The molecule has 3 amide bonds. The molecule has 6 N–H and O–H groups in total. The minimum Gasteiger partial charge on any atom is -0.481 e. The number of fused-ring (bicyclic) bond motifs is 1. The zero-order valence-electron chi connectivity index (χ0n) is 18.6. The zero-order valence-corrected chi connectivity index (χ0v) is 18.6. The molecule has 0 spiro atoms. The largest absolute Gasteiger partial charge is 0.481 e. The quantitative estimate of drug-likeness (QED) is 0.204. The lowest BCUT2D eigenvalue weighted by Gasteiger charge is -2.19. The van der Waals surface area contributed by atoms with Crippen LogP contribution in [0.15, 0.2) is 18.2 Å². The van der Waals surface area contributed by atoms with Gasteiger partial charge in [-0.2, -0.15) is 0 Å². The molecule has 12 nitrogen and oxygen atoms in total. The second-order valence-corrected chi connectivity index (χ2v) is 7.35. The molecule has 0 saturated heterocycles. The van der Waals surface area contributed by atoms with Gasteiger partial charge in [-0.25, -0.2) is 0 Å². The van der Waals surface area contributed by atoms with Gasteiger partial charge in [0.2, 0.25) is 11.8 Å². The van der Waals surface area contributed by atoms with E-state index in [1.807, 2.05) is 0 Å². The summed E-state index contributed by atoms with van der Waals surface area (Å²) in [4.78, 5) is 59.7. The number of nitrogens with zero attached hydrogens (tertiary/aromatic N) is 2. The van der Waals surface area contributed by atoms with Crippen LogP contribution in [0.5, 0.6) is 0 Å². The van der Waals surface area contributed by atoms with Gasteiger partial charge >= 0.3 is 5.97 Å². The maximum absolute atomic E-state index is 12.9. The van der Waals surface area contributed by atoms with Gasteiger partial charge in [-0.05, 0) is 31.0 Å². The SMILES string of the molecule is CC(=O)O.CN1C(=O)CN(CCC(=O)O)C(=O)c2cc(NC(=O)CCCCC(=N)N)ccc21. The molecule has 1 aliphatic heterocycles. The van der Waals surface area contributed by atoms with Crippen molar-refractivity contribution in [2.75, 3.05) is 30.4 Å². The molecule has 0 radical (unpaired) electrons. The predicted molar refractivity (Wildman–Crippen MR) is 120 cm³/mol. The van der Waals surface area contributed by atoms with Crippen molar-refractivity contribution >= 4 is 46.9 Å². The van der Waals surface area contributed by atoms with E-state index in [1.165, 1.54) is 15.9 Å². The number of carboxylic acids is 2. The summed E-state index contributed by atoms with van der Waals surface area (Å²) in [6.07, 6.45) is 1.63. The molecule has 0 aromatic heterocycles. The first-order valence-corrected chi connectivity index (χ1v) is 10.2. The summed E-state index contributed by atoms with van der Waals surface area (Å²) < 4.78 is 0. The van der Waals surface area contributed by atoms with Gasteiger partial charge in [0.05, 0.1) is 23.5 Å². The summed E-state index contributed by atoms with van der Waals surface area (Å²) in [5.74, 6) is -2.84. The first kappa shape index (κ1) is 27.1. The molecule has 12 heteroatoms. The maximum Gasteiger partial charge on any atom is 0.305 e. The van der Waals surface area contributed by atoms with Crippen LogP contribution in [0.25, 0.3) is 0 Å². The average Bonchev–Trinajstić information content (AvgIpc) is 2.80. The molecular formula is C21H29N5O7. The summed E-state index contributed by atoms with van der Waals surface area (Å²) in [6.45, 7) is 0.787. The fourth-order valence-electron chi connectivity index (χ4n) is 2.96. The van der Waals surface area contributed by atoms with Crippen molar-refractivity contribution in [3.8, 4) is 0 Å². The molecular weight excluding hydrogens is 434 g/mol. The number of aliphatic carboxylic acids is 2. The van der Waals surface area contributed by atoms with Gasteiger partial charge in [-0.3, -0.25) is 29.4 Å². The number of nitrogens with one attached hydrogen (secondary N) is 2. The van der Waals surface area contributed by atoms with Crippen LogP contribution in [0.4, 0.5) is 11.4 Å². The Balaban J connectivity index is 0.00000125. The van der Waals surface area contributed by atoms with E-state index >= 15 is 0 Å². The summed E-state index contributed by atoms with van der Waals surface area (Å²) in [5, 5.41) is 26.2. The molecule has 0 bridgehead atoms. The summed E-state index contributed by atoms with van der Waals surface area (Å²) in [7, 11) is 1.54. The van der Waals surface area contributed by atoms with Crippen molar-refractivity contribution in [3.63, 3.8) is 0 Å². The monoisotopic (exact) mass is 463 g/mol. The van der Waals surface area contributed by atoms with Crippen LogP contribution in [0.1, 0.15) is 49.4 Å². The van der Waals surface area contributed by atoms with Gasteiger partial charge in [0.15, 0.2) is 0 Å². The highest BCUT2D eigenvalue weighted by Crippen LogP contribution is 2.28. The molecule has 33 heavy (non-hydrogen) atoms. The number of nitrogens with two attached hydrogens (primary N) is 1. The minimum absolute atomic E-state index is 0.0834. The lowest BCUT2D eigenvalue weighted by atomic mass is 10.1. The molecule has 1 heterocycles. The molecule has 0 fully saturated rings. The Morgan fingerprint density at radius 1 is 1.12 bits per heavy atom. The fraction of sp³-hybridized carbons (Fsp3) is 0.429. The third kappa shape index (κ3) is 9.37. The number of likely N-dealkylation sites (N-methyl/N-ethyl adjacent to an activating group) is 1. The van der Waals surface area contributed by atoms with E-state index in [2.05, 4.69) is 5.32 Å². The van der Waals surface area contributed by atoms with Crippen LogP contribution in [-0.2, 0) is 19.2 Å². The highest BCUT2D eigenvalue weighted by molar-refractivity contribution is 6.10. The Kier molecular flexibility index (Phi) is 10.5. The van der Waals surface area contributed by atoms with Crippen molar-refractivity contribution in [2.24, 2.45) is 5.73 Å². The molecule has 2 rings (SSSR count). The van der Waals surface area contributed by atoms with Crippen LogP contribution in [0, 0.1) is 5.41 Å². The Morgan fingerprint density at radius 2 is 1.73 bits per heavy atom. The second kappa shape index (κ2) is 12.8. The van der Waals surface area contributed by atoms with Crippen molar-refractivity contribution in [2.45, 2.75) is 39.0 Å². The van der Waals surface area contributed by atoms with Crippen LogP contribution in [0.2, 0.25) is 0 Å². The molecule has 1 aromatic rings. The van der Waals surface area contributed by atoms with Crippen LogP contribution < -0.4 is 16.0 Å². The molecule has 0 aliphatic carbocycles. The van der Waals surface area contributed by atoms with Crippen molar-refractivity contribution in [1.82, 2.24) is 4.90 Å². The van der Waals surface area contributed by atoms with E-state index in [0.29, 0.717) is 30.6 Å². The van der Waals surface area contributed by atoms with E-state index in [0.717, 1.165) is 6.92 Å².